The first-order chi connectivity index (χ1) is 14.8. The quantitative estimate of drug-likeness (QED) is 0.482. The van der Waals surface area contributed by atoms with E-state index in [2.05, 4.69) is 10.4 Å². The molecule has 1 fully saturated rings. The number of aryl methyl sites for hydroxylation is 1. The molecule has 0 aliphatic carbocycles. The first kappa shape index (κ1) is 20.6. The number of nitrogens with one attached hydrogen (secondary N) is 1. The Hall–Kier alpha value is -3.66. The standard InChI is InChI=1S/C21H20N4O5S/c1-24-14-16(13-22-24)20(26)23-17-6-8-19(9-7-17)30-21(27)15-4-2-5-18(12-15)25-10-3-11-31(25,28)29/h2,4-9,12-14H,3,10-11H2,1H3,(H,23,26). The van der Waals surface area contributed by atoms with Crippen LogP contribution >= 0.6 is 0 Å². The Morgan fingerprint density at radius 1 is 1.10 bits per heavy atom. The molecule has 1 aliphatic heterocycles. The van der Waals surface area contributed by atoms with Gasteiger partial charge in [0.25, 0.3) is 5.91 Å². The summed E-state index contributed by atoms with van der Waals surface area (Å²) in [6, 6.07) is 12.7. The minimum Gasteiger partial charge on any atom is -0.423 e. The molecule has 0 bridgehead atoms. The van der Waals surface area contributed by atoms with Gasteiger partial charge in [0.05, 0.1) is 28.8 Å². The maximum Gasteiger partial charge on any atom is 0.343 e. The van der Waals surface area contributed by atoms with Gasteiger partial charge in [-0.15, -0.1) is 0 Å². The largest absolute Gasteiger partial charge is 0.423 e. The predicted molar refractivity (Wildman–Crippen MR) is 115 cm³/mol. The molecule has 1 aliphatic rings. The summed E-state index contributed by atoms with van der Waals surface area (Å²) in [7, 11) is -1.61. The molecule has 4 rings (SSSR count). The summed E-state index contributed by atoms with van der Waals surface area (Å²) in [4.78, 5) is 24.7. The van der Waals surface area contributed by atoms with Crippen LogP contribution in [0.15, 0.2) is 60.9 Å². The van der Waals surface area contributed by atoms with E-state index >= 15 is 0 Å². The molecule has 31 heavy (non-hydrogen) atoms. The molecule has 2 aromatic carbocycles. The second-order valence-electron chi connectivity index (χ2n) is 7.06. The van der Waals surface area contributed by atoms with Gasteiger partial charge in [-0.2, -0.15) is 5.10 Å². The molecule has 10 heteroatoms. The van der Waals surface area contributed by atoms with Crippen LogP contribution in [0.5, 0.6) is 5.75 Å². The summed E-state index contributed by atoms with van der Waals surface area (Å²) in [5.41, 5.74) is 1.65. The molecule has 9 nitrogen and oxygen atoms in total. The molecule has 0 spiro atoms. The Balaban J connectivity index is 1.42. The normalized spacial score (nSPS) is 14.9. The monoisotopic (exact) mass is 440 g/mol. The van der Waals surface area contributed by atoms with E-state index < -0.39 is 16.0 Å². The number of ether oxygens (including phenoxy) is 1. The van der Waals surface area contributed by atoms with Crippen molar-refractivity contribution in [2.75, 3.05) is 21.9 Å². The summed E-state index contributed by atoms with van der Waals surface area (Å²) in [5, 5.41) is 6.69. The Morgan fingerprint density at radius 3 is 2.52 bits per heavy atom. The maximum absolute atomic E-state index is 12.5. The van der Waals surface area contributed by atoms with Crippen LogP contribution < -0.4 is 14.4 Å². The van der Waals surface area contributed by atoms with Crippen LogP contribution in [-0.4, -0.2) is 42.4 Å². The highest BCUT2D eigenvalue weighted by molar-refractivity contribution is 7.93. The zero-order valence-electron chi connectivity index (χ0n) is 16.7. The van der Waals surface area contributed by atoms with E-state index in [0.717, 1.165) is 0 Å². The van der Waals surface area contributed by atoms with Crippen LogP contribution in [0.2, 0.25) is 0 Å². The average Bonchev–Trinajstić information content (AvgIpc) is 3.34. The molecule has 1 amide bonds. The number of hydrogen-bond acceptors (Lipinski definition) is 6. The van der Waals surface area contributed by atoms with Gasteiger partial charge < -0.3 is 10.1 Å². The lowest BCUT2D eigenvalue weighted by Crippen LogP contribution is -2.25. The highest BCUT2D eigenvalue weighted by Crippen LogP contribution is 2.25. The first-order valence-electron chi connectivity index (χ1n) is 9.54. The van der Waals surface area contributed by atoms with Crippen molar-refractivity contribution < 1.29 is 22.7 Å². The first-order valence-corrected chi connectivity index (χ1v) is 11.2. The van der Waals surface area contributed by atoms with Crippen molar-refractivity contribution in [3.63, 3.8) is 0 Å². The Kier molecular flexibility index (Phi) is 5.47. The molecule has 1 N–H and O–H groups in total. The zero-order valence-corrected chi connectivity index (χ0v) is 17.5. The summed E-state index contributed by atoms with van der Waals surface area (Å²) < 4.78 is 32.4. The van der Waals surface area contributed by atoms with Crippen LogP contribution in [0.3, 0.4) is 0 Å². The van der Waals surface area contributed by atoms with Crippen molar-refractivity contribution in [1.29, 1.82) is 0 Å². The van der Waals surface area contributed by atoms with Crippen molar-refractivity contribution in [3.8, 4) is 5.75 Å². The number of benzene rings is 2. The Labute approximate surface area is 179 Å². The van der Waals surface area contributed by atoms with E-state index in [1.807, 2.05) is 0 Å². The number of amides is 1. The Morgan fingerprint density at radius 2 is 1.87 bits per heavy atom. The third kappa shape index (κ3) is 4.58. The van der Waals surface area contributed by atoms with Crippen LogP contribution in [0.4, 0.5) is 11.4 Å². The van der Waals surface area contributed by atoms with Gasteiger partial charge in [-0.3, -0.25) is 13.8 Å². The third-order valence-electron chi connectivity index (χ3n) is 4.76. The number of hydrogen-bond donors (Lipinski definition) is 1. The number of anilines is 2. The average molecular weight is 440 g/mol. The van der Waals surface area contributed by atoms with Crippen LogP contribution in [0.1, 0.15) is 27.1 Å². The SMILES string of the molecule is Cn1cc(C(=O)Nc2ccc(OC(=O)c3cccc(N4CCCS4(=O)=O)c3)cc2)cn1. The van der Waals surface area contributed by atoms with Gasteiger partial charge in [-0.1, -0.05) is 6.07 Å². The molecule has 0 atom stereocenters. The topological polar surface area (TPSA) is 111 Å². The van der Waals surface area contributed by atoms with E-state index in [-0.39, 0.29) is 17.2 Å². The van der Waals surface area contributed by atoms with Gasteiger partial charge in [0.15, 0.2) is 0 Å². The van der Waals surface area contributed by atoms with E-state index in [4.69, 9.17) is 4.74 Å². The summed E-state index contributed by atoms with van der Waals surface area (Å²) >= 11 is 0. The number of sulfonamides is 1. The second kappa shape index (κ2) is 8.23. The van der Waals surface area contributed by atoms with Gasteiger partial charge in [-0.05, 0) is 48.9 Å². The van der Waals surface area contributed by atoms with Crippen molar-refractivity contribution >= 4 is 33.3 Å². The third-order valence-corrected chi connectivity index (χ3v) is 6.63. The summed E-state index contributed by atoms with van der Waals surface area (Å²) in [6.45, 7) is 0.396. The molecule has 0 saturated carbocycles. The lowest BCUT2D eigenvalue weighted by atomic mass is 10.2. The second-order valence-corrected chi connectivity index (χ2v) is 9.08. The van der Waals surface area contributed by atoms with Crippen LogP contribution in [0, 0.1) is 0 Å². The minimum atomic E-state index is -3.33. The van der Waals surface area contributed by atoms with Gasteiger partial charge in [0, 0.05) is 25.5 Å². The highest BCUT2D eigenvalue weighted by atomic mass is 32.2. The number of esters is 1. The number of nitrogens with zero attached hydrogens (tertiary/aromatic N) is 3. The number of rotatable bonds is 5. The van der Waals surface area contributed by atoms with Gasteiger partial charge in [-0.25, -0.2) is 13.2 Å². The van der Waals surface area contributed by atoms with E-state index in [1.165, 1.54) is 21.3 Å². The lowest BCUT2D eigenvalue weighted by Gasteiger charge is -2.17. The predicted octanol–water partition coefficient (Wildman–Crippen LogP) is 2.43. The van der Waals surface area contributed by atoms with E-state index in [0.29, 0.717) is 35.7 Å². The summed E-state index contributed by atoms with van der Waals surface area (Å²) in [6.07, 6.45) is 3.63. The molecular weight excluding hydrogens is 420 g/mol. The molecular formula is C21H20N4O5S. The number of aromatic nitrogens is 2. The fourth-order valence-electron chi connectivity index (χ4n) is 3.23. The van der Waals surface area contributed by atoms with E-state index in [1.54, 1.807) is 55.7 Å². The zero-order chi connectivity index (χ0) is 22.0. The van der Waals surface area contributed by atoms with Crippen molar-refractivity contribution in [2.24, 2.45) is 7.05 Å². The van der Waals surface area contributed by atoms with Gasteiger partial charge in [0.2, 0.25) is 10.0 Å². The van der Waals surface area contributed by atoms with Gasteiger partial charge in [0.1, 0.15) is 5.75 Å². The fraction of sp³-hybridized carbons (Fsp3) is 0.190. The lowest BCUT2D eigenvalue weighted by molar-refractivity contribution is 0.0734. The van der Waals surface area contributed by atoms with E-state index in [9.17, 15) is 18.0 Å². The van der Waals surface area contributed by atoms with Crippen LogP contribution in [-0.2, 0) is 17.1 Å². The smallest absolute Gasteiger partial charge is 0.343 e. The molecule has 160 valence electrons. The van der Waals surface area contributed by atoms with Gasteiger partial charge >= 0.3 is 5.97 Å². The molecule has 3 aromatic rings. The Bertz CT molecular complexity index is 1230. The van der Waals surface area contributed by atoms with Crippen molar-refractivity contribution in [2.45, 2.75) is 6.42 Å². The molecule has 1 aromatic heterocycles. The molecule has 0 unspecified atom stereocenters. The van der Waals surface area contributed by atoms with Crippen LogP contribution in [0.25, 0.3) is 0 Å². The highest BCUT2D eigenvalue weighted by Gasteiger charge is 2.28. The molecule has 2 heterocycles. The fourth-order valence-corrected chi connectivity index (χ4v) is 4.79. The summed E-state index contributed by atoms with van der Waals surface area (Å²) in [5.74, 6) is -0.508. The van der Waals surface area contributed by atoms with Crippen molar-refractivity contribution in [3.05, 3.63) is 72.1 Å². The van der Waals surface area contributed by atoms with Crippen molar-refractivity contribution in [1.82, 2.24) is 9.78 Å². The molecule has 1 saturated heterocycles. The molecule has 0 radical (unpaired) electrons. The minimum absolute atomic E-state index is 0.103. The maximum atomic E-state index is 12.5. The number of carbonyl (C=O) groups is 2. The number of carbonyl (C=O) groups excluding carboxylic acids is 2.